The zero-order valence-electron chi connectivity index (χ0n) is 8.38. The Kier molecular flexibility index (Phi) is 3.91. The van der Waals surface area contributed by atoms with E-state index < -0.39 is 32.3 Å². The van der Waals surface area contributed by atoms with Gasteiger partial charge in [-0.25, -0.2) is 0 Å². The SMILES string of the molecule is O=Cc1cc(OS(=O)(=O)O)cc(OS(=O)(=O)O)c1. The molecule has 0 heterocycles. The van der Waals surface area contributed by atoms with Gasteiger partial charge in [-0.05, 0) is 12.1 Å². The van der Waals surface area contributed by atoms with Crippen molar-refractivity contribution in [3.05, 3.63) is 23.8 Å². The van der Waals surface area contributed by atoms with Gasteiger partial charge in [0.15, 0.2) is 0 Å². The lowest BCUT2D eigenvalue weighted by Crippen LogP contribution is -2.09. The lowest BCUT2D eigenvalue weighted by atomic mass is 10.2. The number of rotatable bonds is 5. The Morgan fingerprint density at radius 3 is 1.56 bits per heavy atom. The monoisotopic (exact) mass is 298 g/mol. The Hall–Kier alpha value is -1.69. The van der Waals surface area contributed by atoms with Gasteiger partial charge in [-0.15, -0.1) is 0 Å². The second-order valence-electron chi connectivity index (χ2n) is 2.88. The van der Waals surface area contributed by atoms with Crippen LogP contribution in [0.15, 0.2) is 18.2 Å². The molecule has 0 aliphatic rings. The number of aldehydes is 1. The van der Waals surface area contributed by atoms with Crippen molar-refractivity contribution in [3.8, 4) is 11.5 Å². The average Bonchev–Trinajstić information content (AvgIpc) is 2.11. The first kappa shape index (κ1) is 14.4. The minimum atomic E-state index is -4.85. The van der Waals surface area contributed by atoms with Crippen LogP contribution in [-0.4, -0.2) is 32.2 Å². The fourth-order valence-corrected chi connectivity index (χ4v) is 1.68. The van der Waals surface area contributed by atoms with E-state index in [0.717, 1.165) is 18.2 Å². The molecule has 0 aromatic heterocycles. The minimum Gasteiger partial charge on any atom is -0.362 e. The van der Waals surface area contributed by atoms with E-state index in [1.165, 1.54) is 0 Å². The first-order chi connectivity index (χ1) is 8.09. The minimum absolute atomic E-state index is 0.199. The Morgan fingerprint density at radius 2 is 1.28 bits per heavy atom. The smallest absolute Gasteiger partial charge is 0.362 e. The van der Waals surface area contributed by atoms with Gasteiger partial charge in [-0.2, -0.15) is 16.8 Å². The van der Waals surface area contributed by atoms with Crippen molar-refractivity contribution in [2.24, 2.45) is 0 Å². The maximum Gasteiger partial charge on any atom is 0.446 e. The molecule has 0 aliphatic carbocycles. The molecule has 0 fully saturated rings. The molecule has 2 N–H and O–H groups in total. The van der Waals surface area contributed by atoms with Gasteiger partial charge in [0.2, 0.25) is 0 Å². The van der Waals surface area contributed by atoms with Crippen molar-refractivity contribution < 1.29 is 39.1 Å². The van der Waals surface area contributed by atoms with E-state index in [1.54, 1.807) is 0 Å². The molecular formula is C7H6O9S2. The second-order valence-corrected chi connectivity index (χ2v) is 4.92. The predicted octanol–water partition coefficient (Wildman–Crippen LogP) is -0.138. The summed E-state index contributed by atoms with van der Waals surface area (Å²) in [7, 11) is -9.69. The van der Waals surface area contributed by atoms with Crippen molar-refractivity contribution in [1.29, 1.82) is 0 Å². The zero-order chi connectivity index (χ0) is 14.0. The lowest BCUT2D eigenvalue weighted by molar-refractivity contribution is 0.112. The van der Waals surface area contributed by atoms with E-state index in [-0.39, 0.29) is 11.8 Å². The Balaban J connectivity index is 3.21. The number of hydrogen-bond acceptors (Lipinski definition) is 7. The fraction of sp³-hybridized carbons (Fsp3) is 0. The first-order valence-corrected chi connectivity index (χ1v) is 6.76. The van der Waals surface area contributed by atoms with Crippen molar-refractivity contribution in [2.45, 2.75) is 0 Å². The van der Waals surface area contributed by atoms with Crippen molar-refractivity contribution in [1.82, 2.24) is 0 Å². The van der Waals surface area contributed by atoms with Crippen LogP contribution in [0.4, 0.5) is 0 Å². The highest BCUT2D eigenvalue weighted by Gasteiger charge is 2.13. The van der Waals surface area contributed by atoms with Crippen LogP contribution in [0.3, 0.4) is 0 Å². The molecule has 0 radical (unpaired) electrons. The molecule has 0 amide bonds. The first-order valence-electron chi connectivity index (χ1n) is 4.03. The third-order valence-electron chi connectivity index (χ3n) is 1.44. The molecule has 0 saturated carbocycles. The summed E-state index contributed by atoms with van der Waals surface area (Å²) in [5.74, 6) is -1.14. The molecule has 0 unspecified atom stereocenters. The number of carbonyl (C=O) groups is 1. The largest absolute Gasteiger partial charge is 0.446 e. The highest BCUT2D eigenvalue weighted by molar-refractivity contribution is 7.81. The third kappa shape index (κ3) is 5.09. The van der Waals surface area contributed by atoms with Gasteiger partial charge in [0.25, 0.3) is 0 Å². The fourth-order valence-electron chi connectivity index (χ4n) is 1.00. The molecule has 1 aromatic carbocycles. The van der Waals surface area contributed by atoms with E-state index in [0.29, 0.717) is 0 Å². The lowest BCUT2D eigenvalue weighted by Gasteiger charge is -2.06. The quantitative estimate of drug-likeness (QED) is 0.560. The number of hydrogen-bond donors (Lipinski definition) is 2. The van der Waals surface area contributed by atoms with Gasteiger partial charge in [-0.3, -0.25) is 13.9 Å². The number of carbonyl (C=O) groups excluding carboxylic acids is 1. The molecule has 0 saturated heterocycles. The summed E-state index contributed by atoms with van der Waals surface area (Å²) in [6.07, 6.45) is 0.244. The summed E-state index contributed by atoms with van der Waals surface area (Å²) >= 11 is 0. The van der Waals surface area contributed by atoms with E-state index in [4.69, 9.17) is 9.11 Å². The topological polar surface area (TPSA) is 144 Å². The maximum atomic E-state index is 10.5. The maximum absolute atomic E-state index is 10.5. The molecule has 100 valence electrons. The molecule has 11 heteroatoms. The zero-order valence-corrected chi connectivity index (χ0v) is 10.0. The van der Waals surface area contributed by atoms with E-state index in [2.05, 4.69) is 8.37 Å². The Morgan fingerprint density at radius 1 is 0.889 bits per heavy atom. The van der Waals surface area contributed by atoms with Crippen LogP contribution in [0, 0.1) is 0 Å². The van der Waals surface area contributed by atoms with Gasteiger partial charge in [0.05, 0.1) is 0 Å². The van der Waals surface area contributed by atoms with E-state index >= 15 is 0 Å². The van der Waals surface area contributed by atoms with Crippen molar-refractivity contribution in [2.75, 3.05) is 0 Å². The van der Waals surface area contributed by atoms with Gasteiger partial charge >= 0.3 is 20.8 Å². The molecule has 1 aromatic rings. The van der Waals surface area contributed by atoms with Gasteiger partial charge in [0, 0.05) is 11.6 Å². The highest BCUT2D eigenvalue weighted by Crippen LogP contribution is 2.24. The summed E-state index contributed by atoms with van der Waals surface area (Å²) in [5, 5.41) is 0. The summed E-state index contributed by atoms with van der Waals surface area (Å²) in [6.45, 7) is 0. The van der Waals surface area contributed by atoms with Crippen molar-refractivity contribution >= 4 is 27.1 Å². The summed E-state index contributed by atoms with van der Waals surface area (Å²) in [4.78, 5) is 10.5. The van der Waals surface area contributed by atoms with Crippen LogP contribution in [0.25, 0.3) is 0 Å². The molecule has 18 heavy (non-hydrogen) atoms. The van der Waals surface area contributed by atoms with E-state index in [9.17, 15) is 21.6 Å². The van der Waals surface area contributed by atoms with Gasteiger partial charge in [0.1, 0.15) is 17.8 Å². The molecule has 0 atom stereocenters. The molecule has 9 nitrogen and oxygen atoms in total. The van der Waals surface area contributed by atoms with Crippen LogP contribution in [0.2, 0.25) is 0 Å². The average molecular weight is 298 g/mol. The van der Waals surface area contributed by atoms with Crippen LogP contribution < -0.4 is 8.37 Å². The van der Waals surface area contributed by atoms with Crippen LogP contribution in [0.1, 0.15) is 10.4 Å². The summed E-state index contributed by atoms with van der Waals surface area (Å²) in [6, 6.07) is 2.53. The molecular weight excluding hydrogens is 292 g/mol. The molecule has 0 spiro atoms. The predicted molar refractivity (Wildman–Crippen MR) is 56.2 cm³/mol. The molecule has 0 aliphatic heterocycles. The van der Waals surface area contributed by atoms with Crippen LogP contribution >= 0.6 is 0 Å². The standard InChI is InChI=1S/C7H6O9S2/c8-4-5-1-6(15-17(9,10)11)3-7(2-5)16-18(12,13)14/h1-4H,(H,9,10,11)(H,12,13,14). The molecule has 1 rings (SSSR count). The second kappa shape index (κ2) is 4.89. The summed E-state index contributed by atoms with van der Waals surface area (Å²) < 4.78 is 66.6. The van der Waals surface area contributed by atoms with Gasteiger partial charge < -0.3 is 8.37 Å². The van der Waals surface area contributed by atoms with Gasteiger partial charge in [-0.1, -0.05) is 0 Å². The number of benzene rings is 1. The van der Waals surface area contributed by atoms with Crippen LogP contribution in [-0.2, 0) is 20.8 Å². The summed E-state index contributed by atoms with van der Waals surface area (Å²) in [5.41, 5.74) is -0.199. The Labute approximate surface area is 102 Å². The van der Waals surface area contributed by atoms with E-state index in [1.807, 2.05) is 0 Å². The Bertz CT molecular complexity index is 606. The molecule has 0 bridgehead atoms. The van der Waals surface area contributed by atoms with Crippen LogP contribution in [0.5, 0.6) is 11.5 Å². The normalized spacial score (nSPS) is 11.9. The highest BCUT2D eigenvalue weighted by atomic mass is 32.3. The third-order valence-corrected chi connectivity index (χ3v) is 2.25. The van der Waals surface area contributed by atoms with Crippen molar-refractivity contribution in [3.63, 3.8) is 0 Å².